The van der Waals surface area contributed by atoms with Gasteiger partial charge in [-0.2, -0.15) is 0 Å². The topological polar surface area (TPSA) is 35.5 Å². The first-order valence-electron chi connectivity index (χ1n) is 5.50. The van der Waals surface area contributed by atoms with Gasteiger partial charge in [0.15, 0.2) is 0 Å². The van der Waals surface area contributed by atoms with Gasteiger partial charge < -0.3 is 9.47 Å². The summed E-state index contributed by atoms with van der Waals surface area (Å²) in [7, 11) is 0. The Labute approximate surface area is 89.8 Å². The highest BCUT2D eigenvalue weighted by Gasteiger charge is 2.55. The molecule has 2 unspecified atom stereocenters. The summed E-state index contributed by atoms with van der Waals surface area (Å²) in [4.78, 5) is 11.0. The molecule has 0 spiro atoms. The summed E-state index contributed by atoms with van der Waals surface area (Å²) in [5.74, 6) is 1.56. The van der Waals surface area contributed by atoms with E-state index < -0.39 is 5.79 Å². The van der Waals surface area contributed by atoms with Gasteiger partial charge >= 0.3 is 0 Å². The molecule has 3 nitrogen and oxygen atoms in total. The van der Waals surface area contributed by atoms with E-state index in [9.17, 15) is 4.79 Å². The molecular formula is C12H16O3. The monoisotopic (exact) mass is 208 g/mol. The molecule has 2 atom stereocenters. The molecule has 2 bridgehead atoms. The van der Waals surface area contributed by atoms with Crippen molar-refractivity contribution < 1.29 is 14.3 Å². The van der Waals surface area contributed by atoms with Crippen LogP contribution in [0, 0.1) is 11.8 Å². The zero-order valence-electron chi connectivity index (χ0n) is 9.16. The Morgan fingerprint density at radius 2 is 2.07 bits per heavy atom. The minimum atomic E-state index is -0.815. The quantitative estimate of drug-likeness (QED) is 0.401. The van der Waals surface area contributed by atoms with Crippen LogP contribution in [0.3, 0.4) is 0 Å². The summed E-state index contributed by atoms with van der Waals surface area (Å²) >= 11 is 0. The van der Waals surface area contributed by atoms with Gasteiger partial charge in [-0.3, -0.25) is 0 Å². The summed E-state index contributed by atoms with van der Waals surface area (Å²) in [5.41, 5.74) is 0.638. The minimum Gasteiger partial charge on any atom is -0.345 e. The van der Waals surface area contributed by atoms with Crippen molar-refractivity contribution >= 4 is 5.94 Å². The fraction of sp³-hybridized carbons (Fsp3) is 0.667. The van der Waals surface area contributed by atoms with E-state index in [1.165, 1.54) is 0 Å². The number of ether oxygens (including phenoxy) is 2. The first-order valence-corrected chi connectivity index (χ1v) is 5.50. The second-order valence-corrected chi connectivity index (χ2v) is 3.88. The molecule has 0 amide bonds. The molecule has 2 rings (SSSR count). The minimum absolute atomic E-state index is 0.172. The van der Waals surface area contributed by atoms with E-state index in [0.29, 0.717) is 18.8 Å². The standard InChI is InChI=1S/C12H16O3/c1-3-14-12(15-4-2)10-6-5-9(7-10)11(12)8-13/h5-6,9-10H,3-4,7H2,1-2H3. The molecule has 0 heterocycles. The fourth-order valence-corrected chi connectivity index (χ4v) is 2.64. The normalized spacial score (nSPS) is 30.9. The Bertz CT molecular complexity index is 320. The Morgan fingerprint density at radius 3 is 2.60 bits per heavy atom. The van der Waals surface area contributed by atoms with Crippen LogP contribution in [0.1, 0.15) is 20.3 Å². The SMILES string of the molecule is CCOC1(OCC)C(=C=O)C2C=CC1C2. The number of allylic oxidation sites excluding steroid dienone is 1. The molecule has 15 heavy (non-hydrogen) atoms. The highest BCUT2D eigenvalue weighted by molar-refractivity contribution is 5.61. The number of carbonyl (C=O) groups excluding carboxylic acids is 1. The molecular weight excluding hydrogens is 192 g/mol. The van der Waals surface area contributed by atoms with Crippen molar-refractivity contribution in [3.05, 3.63) is 17.7 Å². The summed E-state index contributed by atoms with van der Waals surface area (Å²) in [6, 6.07) is 0. The molecule has 0 aromatic rings. The number of rotatable bonds is 4. The predicted molar refractivity (Wildman–Crippen MR) is 55.9 cm³/mol. The van der Waals surface area contributed by atoms with Gasteiger partial charge in [0.05, 0.1) is 5.57 Å². The molecule has 0 saturated heterocycles. The third kappa shape index (κ3) is 1.39. The van der Waals surface area contributed by atoms with E-state index in [4.69, 9.17) is 9.47 Å². The van der Waals surface area contributed by atoms with Gasteiger partial charge in [-0.05, 0) is 20.3 Å². The van der Waals surface area contributed by atoms with E-state index in [1.807, 2.05) is 19.8 Å². The number of hydrogen-bond acceptors (Lipinski definition) is 3. The van der Waals surface area contributed by atoms with Crippen LogP contribution < -0.4 is 0 Å². The van der Waals surface area contributed by atoms with Crippen LogP contribution in [0.15, 0.2) is 17.7 Å². The summed E-state index contributed by atoms with van der Waals surface area (Å²) in [6.07, 6.45) is 5.07. The molecule has 3 heteroatoms. The van der Waals surface area contributed by atoms with Crippen molar-refractivity contribution in [2.45, 2.75) is 26.1 Å². The number of hydrogen-bond donors (Lipinski definition) is 0. The Hall–Kier alpha value is -0.890. The van der Waals surface area contributed by atoms with Gasteiger partial charge in [0.25, 0.3) is 0 Å². The maximum Gasteiger partial charge on any atom is 0.208 e. The lowest BCUT2D eigenvalue weighted by molar-refractivity contribution is -0.219. The molecule has 0 aromatic carbocycles. The van der Waals surface area contributed by atoms with Gasteiger partial charge in [0, 0.05) is 25.0 Å². The smallest absolute Gasteiger partial charge is 0.208 e. The van der Waals surface area contributed by atoms with Gasteiger partial charge in [0.1, 0.15) is 5.94 Å². The summed E-state index contributed by atoms with van der Waals surface area (Å²) in [5, 5.41) is 0. The van der Waals surface area contributed by atoms with Crippen LogP contribution in [0.4, 0.5) is 0 Å². The zero-order valence-corrected chi connectivity index (χ0v) is 9.16. The van der Waals surface area contributed by atoms with Gasteiger partial charge in [-0.15, -0.1) is 0 Å². The highest BCUT2D eigenvalue weighted by atomic mass is 16.7. The third-order valence-corrected chi connectivity index (χ3v) is 3.15. The molecule has 2 aliphatic rings. The van der Waals surface area contributed by atoms with E-state index >= 15 is 0 Å². The van der Waals surface area contributed by atoms with Gasteiger partial charge in [-0.25, -0.2) is 4.79 Å². The Kier molecular flexibility index (Phi) is 2.79. The lowest BCUT2D eigenvalue weighted by Crippen LogP contribution is -2.42. The second kappa shape index (κ2) is 3.93. The molecule has 1 saturated carbocycles. The van der Waals surface area contributed by atoms with Gasteiger partial charge in [-0.1, -0.05) is 12.2 Å². The van der Waals surface area contributed by atoms with Crippen LogP contribution in [0.5, 0.6) is 0 Å². The van der Waals surface area contributed by atoms with Crippen molar-refractivity contribution in [1.29, 1.82) is 0 Å². The van der Waals surface area contributed by atoms with Crippen LogP contribution in [0.2, 0.25) is 0 Å². The zero-order chi connectivity index (χ0) is 10.9. The molecule has 0 aromatic heterocycles. The number of fused-ring (bicyclic) bond motifs is 2. The molecule has 0 aliphatic heterocycles. The van der Waals surface area contributed by atoms with Crippen LogP contribution >= 0.6 is 0 Å². The predicted octanol–water partition coefficient (Wildman–Crippen LogP) is 1.72. The van der Waals surface area contributed by atoms with Crippen LogP contribution in [0.25, 0.3) is 0 Å². The summed E-state index contributed by atoms with van der Waals surface area (Å²) in [6.45, 7) is 4.92. The second-order valence-electron chi connectivity index (χ2n) is 3.88. The highest BCUT2D eigenvalue weighted by Crippen LogP contribution is 2.51. The molecule has 2 aliphatic carbocycles. The Morgan fingerprint density at radius 1 is 1.40 bits per heavy atom. The maximum atomic E-state index is 11.0. The Balaban J connectivity index is 2.37. The first-order chi connectivity index (χ1) is 7.28. The average molecular weight is 208 g/mol. The largest absolute Gasteiger partial charge is 0.345 e. The van der Waals surface area contributed by atoms with Crippen LogP contribution in [-0.4, -0.2) is 24.9 Å². The summed E-state index contributed by atoms with van der Waals surface area (Å²) < 4.78 is 11.4. The molecule has 0 radical (unpaired) electrons. The third-order valence-electron chi connectivity index (χ3n) is 3.15. The lowest BCUT2D eigenvalue weighted by Gasteiger charge is -2.34. The molecule has 1 fully saturated rings. The van der Waals surface area contributed by atoms with Crippen molar-refractivity contribution in [2.75, 3.05) is 13.2 Å². The lowest BCUT2D eigenvalue weighted by atomic mass is 9.95. The van der Waals surface area contributed by atoms with Gasteiger partial charge in [0.2, 0.25) is 5.79 Å². The molecule has 82 valence electrons. The fourth-order valence-electron chi connectivity index (χ4n) is 2.64. The van der Waals surface area contributed by atoms with Crippen molar-refractivity contribution in [3.8, 4) is 0 Å². The van der Waals surface area contributed by atoms with E-state index in [0.717, 1.165) is 6.42 Å². The van der Waals surface area contributed by atoms with E-state index in [-0.39, 0.29) is 11.8 Å². The van der Waals surface area contributed by atoms with Crippen LogP contribution in [-0.2, 0) is 14.3 Å². The maximum absolute atomic E-state index is 11.0. The van der Waals surface area contributed by atoms with Crippen molar-refractivity contribution in [1.82, 2.24) is 0 Å². The first kappa shape index (κ1) is 10.6. The van der Waals surface area contributed by atoms with Crippen molar-refractivity contribution in [3.63, 3.8) is 0 Å². The van der Waals surface area contributed by atoms with E-state index in [2.05, 4.69) is 12.2 Å². The van der Waals surface area contributed by atoms with E-state index in [1.54, 1.807) is 0 Å². The molecule has 0 N–H and O–H groups in total. The average Bonchev–Trinajstić information content (AvgIpc) is 2.78. The van der Waals surface area contributed by atoms with Crippen molar-refractivity contribution in [2.24, 2.45) is 11.8 Å².